The summed E-state index contributed by atoms with van der Waals surface area (Å²) in [5, 5.41) is 0. The Morgan fingerprint density at radius 2 is 2.24 bits per heavy atom. The second kappa shape index (κ2) is 5.65. The fourth-order valence-electron chi connectivity index (χ4n) is 2.03. The molecule has 92 valence electrons. The Labute approximate surface area is 110 Å². The van der Waals surface area contributed by atoms with Gasteiger partial charge in [0.05, 0.1) is 11.0 Å². The van der Waals surface area contributed by atoms with Gasteiger partial charge in [0.25, 0.3) is 0 Å². The largest absolute Gasteiger partial charge is 0.330 e. The van der Waals surface area contributed by atoms with Crippen LogP contribution in [0.2, 0.25) is 0 Å². The van der Waals surface area contributed by atoms with Crippen LogP contribution in [0.3, 0.4) is 0 Å². The Balaban J connectivity index is 2.47. The number of benzene rings is 1. The summed E-state index contributed by atoms with van der Waals surface area (Å²) in [4.78, 5) is 4.66. The zero-order chi connectivity index (χ0) is 12.3. The van der Waals surface area contributed by atoms with Crippen molar-refractivity contribution in [1.29, 1.82) is 0 Å². The normalized spacial score (nSPS) is 11.2. The van der Waals surface area contributed by atoms with E-state index in [1.807, 2.05) is 6.07 Å². The van der Waals surface area contributed by atoms with Crippen LogP contribution in [0.15, 0.2) is 22.7 Å². The molecule has 0 saturated carbocycles. The average molecular weight is 296 g/mol. The maximum Gasteiger partial charge on any atom is 0.111 e. The molecule has 2 N–H and O–H groups in total. The summed E-state index contributed by atoms with van der Waals surface area (Å²) < 4.78 is 3.40. The topological polar surface area (TPSA) is 43.8 Å². The highest BCUT2D eigenvalue weighted by Gasteiger charge is 2.09. The van der Waals surface area contributed by atoms with Gasteiger partial charge < -0.3 is 10.3 Å². The van der Waals surface area contributed by atoms with Crippen LogP contribution in [0.4, 0.5) is 0 Å². The predicted molar refractivity (Wildman–Crippen MR) is 75.1 cm³/mol. The molecular formula is C13H18BrN3. The van der Waals surface area contributed by atoms with E-state index in [9.17, 15) is 0 Å². The van der Waals surface area contributed by atoms with Crippen LogP contribution in [0, 0.1) is 0 Å². The first kappa shape index (κ1) is 12.6. The summed E-state index contributed by atoms with van der Waals surface area (Å²) >= 11 is 3.52. The molecule has 0 radical (unpaired) electrons. The first-order valence-electron chi connectivity index (χ1n) is 6.11. The molecule has 0 aliphatic carbocycles. The summed E-state index contributed by atoms with van der Waals surface area (Å²) in [6, 6.07) is 6.23. The number of hydrogen-bond donors (Lipinski definition) is 1. The fraction of sp³-hybridized carbons (Fsp3) is 0.462. The van der Waals surface area contributed by atoms with E-state index in [0.717, 1.165) is 28.8 Å². The molecule has 0 fully saturated rings. The molecule has 0 unspecified atom stereocenters. The SMILES string of the molecule is CCCCn1c(CCN)nc2ccc(Br)cc21. The first-order valence-corrected chi connectivity index (χ1v) is 6.90. The van der Waals surface area contributed by atoms with Gasteiger partial charge in [0.1, 0.15) is 5.82 Å². The Bertz CT molecular complexity index is 505. The van der Waals surface area contributed by atoms with E-state index in [1.54, 1.807) is 0 Å². The summed E-state index contributed by atoms with van der Waals surface area (Å²) in [5.74, 6) is 1.11. The number of nitrogens with two attached hydrogens (primary N) is 1. The number of rotatable bonds is 5. The molecule has 1 aromatic carbocycles. The number of nitrogens with zero attached hydrogens (tertiary/aromatic N) is 2. The maximum atomic E-state index is 5.65. The van der Waals surface area contributed by atoms with Crippen molar-refractivity contribution in [3.63, 3.8) is 0 Å². The van der Waals surface area contributed by atoms with Crippen molar-refractivity contribution in [1.82, 2.24) is 9.55 Å². The van der Waals surface area contributed by atoms with Crippen LogP contribution < -0.4 is 5.73 Å². The van der Waals surface area contributed by atoms with Crippen molar-refractivity contribution in [3.8, 4) is 0 Å². The smallest absolute Gasteiger partial charge is 0.111 e. The molecule has 2 rings (SSSR count). The van der Waals surface area contributed by atoms with Gasteiger partial charge in [0.2, 0.25) is 0 Å². The monoisotopic (exact) mass is 295 g/mol. The third-order valence-corrected chi connectivity index (χ3v) is 3.39. The number of aryl methyl sites for hydroxylation is 1. The molecule has 0 aliphatic heterocycles. The van der Waals surface area contributed by atoms with Gasteiger partial charge in [-0.1, -0.05) is 29.3 Å². The third kappa shape index (κ3) is 2.69. The quantitative estimate of drug-likeness (QED) is 0.921. The molecule has 3 nitrogen and oxygen atoms in total. The zero-order valence-electron chi connectivity index (χ0n) is 10.1. The Morgan fingerprint density at radius 1 is 1.41 bits per heavy atom. The molecule has 0 amide bonds. The number of unbranched alkanes of at least 4 members (excludes halogenated alkanes) is 1. The fourth-order valence-corrected chi connectivity index (χ4v) is 2.38. The van der Waals surface area contributed by atoms with Crippen molar-refractivity contribution in [2.24, 2.45) is 5.73 Å². The minimum absolute atomic E-state index is 0.649. The summed E-state index contributed by atoms with van der Waals surface area (Å²) in [5.41, 5.74) is 7.91. The van der Waals surface area contributed by atoms with Crippen LogP contribution >= 0.6 is 15.9 Å². The highest BCUT2D eigenvalue weighted by Crippen LogP contribution is 2.21. The lowest BCUT2D eigenvalue weighted by Gasteiger charge is -2.07. The van der Waals surface area contributed by atoms with E-state index in [1.165, 1.54) is 18.4 Å². The van der Waals surface area contributed by atoms with Crippen molar-refractivity contribution in [3.05, 3.63) is 28.5 Å². The molecule has 0 aliphatic rings. The molecule has 0 saturated heterocycles. The second-order valence-corrected chi connectivity index (χ2v) is 5.12. The molecular weight excluding hydrogens is 278 g/mol. The molecule has 0 atom stereocenters. The molecule has 0 bridgehead atoms. The summed E-state index contributed by atoms with van der Waals surface area (Å²) in [6.45, 7) is 3.88. The van der Waals surface area contributed by atoms with E-state index in [2.05, 4.69) is 44.5 Å². The highest BCUT2D eigenvalue weighted by atomic mass is 79.9. The van der Waals surface area contributed by atoms with Crippen molar-refractivity contribution in [2.45, 2.75) is 32.7 Å². The van der Waals surface area contributed by atoms with Gasteiger partial charge in [-0.2, -0.15) is 0 Å². The number of fused-ring (bicyclic) bond motifs is 1. The Hall–Kier alpha value is -0.870. The van der Waals surface area contributed by atoms with Gasteiger partial charge in [-0.15, -0.1) is 0 Å². The lowest BCUT2D eigenvalue weighted by atomic mass is 10.3. The van der Waals surface area contributed by atoms with E-state index < -0.39 is 0 Å². The van der Waals surface area contributed by atoms with Crippen molar-refractivity contribution in [2.75, 3.05) is 6.54 Å². The second-order valence-electron chi connectivity index (χ2n) is 4.20. The average Bonchev–Trinajstić information content (AvgIpc) is 2.64. The van der Waals surface area contributed by atoms with Gasteiger partial charge in [-0.25, -0.2) is 4.98 Å². The summed E-state index contributed by atoms with van der Waals surface area (Å²) in [7, 11) is 0. The number of halogens is 1. The third-order valence-electron chi connectivity index (χ3n) is 2.89. The molecule has 4 heteroatoms. The van der Waals surface area contributed by atoms with Crippen LogP contribution in [-0.4, -0.2) is 16.1 Å². The molecule has 0 spiro atoms. The molecule has 1 aromatic heterocycles. The van der Waals surface area contributed by atoms with E-state index >= 15 is 0 Å². The van der Waals surface area contributed by atoms with E-state index in [4.69, 9.17) is 5.73 Å². The number of hydrogen-bond acceptors (Lipinski definition) is 2. The molecule has 1 heterocycles. The lowest BCUT2D eigenvalue weighted by molar-refractivity contribution is 0.615. The van der Waals surface area contributed by atoms with Crippen molar-refractivity contribution >= 4 is 27.0 Å². The van der Waals surface area contributed by atoms with Crippen molar-refractivity contribution < 1.29 is 0 Å². The molecule has 2 aromatic rings. The number of imidazole rings is 1. The van der Waals surface area contributed by atoms with Gasteiger partial charge in [0, 0.05) is 17.4 Å². The highest BCUT2D eigenvalue weighted by molar-refractivity contribution is 9.10. The van der Waals surface area contributed by atoms with Gasteiger partial charge in [-0.3, -0.25) is 0 Å². The van der Waals surface area contributed by atoms with Crippen LogP contribution in [0.1, 0.15) is 25.6 Å². The molecule has 17 heavy (non-hydrogen) atoms. The van der Waals surface area contributed by atoms with E-state index in [-0.39, 0.29) is 0 Å². The minimum Gasteiger partial charge on any atom is -0.330 e. The standard InChI is InChI=1S/C13H18BrN3/c1-2-3-8-17-12-9-10(14)4-5-11(12)16-13(17)6-7-15/h4-5,9H,2-3,6-8,15H2,1H3. The maximum absolute atomic E-state index is 5.65. The lowest BCUT2D eigenvalue weighted by Crippen LogP contribution is -2.10. The van der Waals surface area contributed by atoms with Crippen LogP contribution in [0.25, 0.3) is 11.0 Å². The summed E-state index contributed by atoms with van der Waals surface area (Å²) in [6.07, 6.45) is 3.21. The van der Waals surface area contributed by atoms with Gasteiger partial charge in [-0.05, 0) is 31.2 Å². The minimum atomic E-state index is 0.649. The Morgan fingerprint density at radius 3 is 2.94 bits per heavy atom. The van der Waals surface area contributed by atoms with Gasteiger partial charge in [0.15, 0.2) is 0 Å². The van der Waals surface area contributed by atoms with Crippen LogP contribution in [-0.2, 0) is 13.0 Å². The zero-order valence-corrected chi connectivity index (χ0v) is 11.7. The predicted octanol–water partition coefficient (Wildman–Crippen LogP) is 3.10. The van der Waals surface area contributed by atoms with Gasteiger partial charge >= 0.3 is 0 Å². The first-order chi connectivity index (χ1) is 8.26. The van der Waals surface area contributed by atoms with E-state index in [0.29, 0.717) is 6.54 Å². The van der Waals surface area contributed by atoms with Crippen LogP contribution in [0.5, 0.6) is 0 Å². The number of aromatic nitrogens is 2. The Kier molecular flexibility index (Phi) is 4.18.